The highest BCUT2D eigenvalue weighted by Gasteiger charge is 2.31. The zero-order valence-electron chi connectivity index (χ0n) is 17.5. The van der Waals surface area contributed by atoms with Crippen LogP contribution in [0.15, 0.2) is 59.3 Å². The average Bonchev–Trinajstić information content (AvgIpc) is 3.34. The summed E-state index contributed by atoms with van der Waals surface area (Å²) >= 11 is 2.63. The molecule has 4 aromatic rings. The summed E-state index contributed by atoms with van der Waals surface area (Å²) in [7, 11) is 0. The summed E-state index contributed by atoms with van der Waals surface area (Å²) in [6, 6.07) is 8.70. The van der Waals surface area contributed by atoms with E-state index in [1.807, 2.05) is 0 Å². The second-order valence-electron chi connectivity index (χ2n) is 7.59. The molecule has 12 heteroatoms. The number of carbonyl (C=O) groups excluding carboxylic acids is 1. The van der Waals surface area contributed by atoms with Crippen molar-refractivity contribution < 1.29 is 18.0 Å². The van der Waals surface area contributed by atoms with Gasteiger partial charge in [0, 0.05) is 29.4 Å². The second-order valence-corrected chi connectivity index (χ2v) is 9.47. The largest absolute Gasteiger partial charge is 0.416 e. The fourth-order valence-electron chi connectivity index (χ4n) is 3.20. The summed E-state index contributed by atoms with van der Waals surface area (Å²) in [6.07, 6.45) is 0.661. The van der Waals surface area contributed by atoms with Gasteiger partial charge in [-0.25, -0.2) is 4.98 Å². The first-order chi connectivity index (χ1) is 16.4. The normalized spacial score (nSPS) is 13.7. The van der Waals surface area contributed by atoms with Gasteiger partial charge >= 0.3 is 6.18 Å². The van der Waals surface area contributed by atoms with Gasteiger partial charge in [-0.2, -0.15) is 13.2 Å². The molecule has 174 valence electrons. The number of pyridine rings is 1. The predicted octanol–water partition coefficient (Wildman–Crippen LogP) is 4.99. The lowest BCUT2D eigenvalue weighted by molar-refractivity contribution is -0.137. The number of alkyl halides is 3. The Balaban J connectivity index is 1.44. The highest BCUT2D eigenvalue weighted by molar-refractivity contribution is 7.98. The van der Waals surface area contributed by atoms with Crippen LogP contribution in [0.2, 0.25) is 0 Å². The van der Waals surface area contributed by atoms with Gasteiger partial charge in [0.2, 0.25) is 0 Å². The number of aromatic nitrogens is 5. The summed E-state index contributed by atoms with van der Waals surface area (Å²) in [6.45, 7) is 0. The first-order valence-corrected chi connectivity index (χ1v) is 12.2. The Hall–Kier alpha value is -3.25. The molecule has 0 aliphatic heterocycles. The van der Waals surface area contributed by atoms with Gasteiger partial charge in [0.25, 0.3) is 5.91 Å². The minimum absolute atomic E-state index is 0.192. The highest BCUT2D eigenvalue weighted by Crippen LogP contribution is 2.34. The highest BCUT2D eigenvalue weighted by atomic mass is 32.2. The van der Waals surface area contributed by atoms with E-state index >= 15 is 0 Å². The van der Waals surface area contributed by atoms with Crippen LogP contribution in [0.3, 0.4) is 0 Å². The van der Waals surface area contributed by atoms with Crippen molar-refractivity contribution in [1.82, 2.24) is 30.0 Å². The number of nitrogens with one attached hydrogen (secondary N) is 1. The lowest BCUT2D eigenvalue weighted by Crippen LogP contribution is -2.25. The molecule has 1 fully saturated rings. The van der Waals surface area contributed by atoms with E-state index in [1.54, 1.807) is 40.5 Å². The summed E-state index contributed by atoms with van der Waals surface area (Å²) in [5, 5.41) is 14.2. The minimum Gasteiger partial charge on any atom is -0.348 e. The first-order valence-electron chi connectivity index (χ1n) is 10.3. The second kappa shape index (κ2) is 9.18. The number of amides is 1. The van der Waals surface area contributed by atoms with Gasteiger partial charge in [0.15, 0.2) is 11.0 Å². The molecule has 0 bridgehead atoms. The molecule has 1 aromatic carbocycles. The predicted molar refractivity (Wildman–Crippen MR) is 122 cm³/mol. The molecule has 34 heavy (non-hydrogen) atoms. The summed E-state index contributed by atoms with van der Waals surface area (Å²) in [5.41, 5.74) is 0.559. The lowest BCUT2D eigenvalue weighted by atomic mass is 10.2. The quantitative estimate of drug-likeness (QED) is 0.359. The van der Waals surface area contributed by atoms with Gasteiger partial charge in [-0.3, -0.25) is 14.3 Å². The van der Waals surface area contributed by atoms with Gasteiger partial charge in [0.1, 0.15) is 10.7 Å². The van der Waals surface area contributed by atoms with Crippen molar-refractivity contribution in [2.75, 3.05) is 0 Å². The Bertz CT molecular complexity index is 1320. The molecular weight excluding hydrogens is 485 g/mol. The van der Waals surface area contributed by atoms with Crippen LogP contribution in [-0.4, -0.2) is 36.7 Å². The van der Waals surface area contributed by atoms with Crippen LogP contribution in [0, 0.1) is 0 Å². The molecule has 1 aliphatic rings. The van der Waals surface area contributed by atoms with Crippen LogP contribution in [0.4, 0.5) is 13.2 Å². The summed E-state index contributed by atoms with van der Waals surface area (Å²) in [5.74, 6) is 0.587. The monoisotopic (exact) mass is 502 g/mol. The third kappa shape index (κ3) is 4.97. The third-order valence-corrected chi connectivity index (χ3v) is 7.00. The number of thioether (sulfide) groups is 1. The van der Waals surface area contributed by atoms with E-state index in [9.17, 15) is 18.0 Å². The average molecular weight is 503 g/mol. The molecule has 1 N–H and O–H groups in total. The third-order valence-electron chi connectivity index (χ3n) is 5.03. The van der Waals surface area contributed by atoms with E-state index in [-0.39, 0.29) is 17.6 Å². The fraction of sp³-hybridized carbons (Fsp3) is 0.227. The molecule has 0 saturated heterocycles. The number of rotatable bonds is 7. The maximum absolute atomic E-state index is 13.4. The van der Waals surface area contributed by atoms with E-state index in [1.165, 1.54) is 29.2 Å². The van der Waals surface area contributed by atoms with Gasteiger partial charge in [-0.05, 0) is 43.2 Å². The molecular formula is C22H17F3N6OS2. The molecule has 1 aliphatic carbocycles. The van der Waals surface area contributed by atoms with Crippen molar-refractivity contribution in [2.45, 2.75) is 36.0 Å². The molecule has 7 nitrogen and oxygen atoms in total. The van der Waals surface area contributed by atoms with Gasteiger partial charge in [0.05, 0.1) is 17.0 Å². The zero-order chi connectivity index (χ0) is 23.7. The van der Waals surface area contributed by atoms with Gasteiger partial charge in [-0.15, -0.1) is 21.5 Å². The summed E-state index contributed by atoms with van der Waals surface area (Å²) < 4.78 is 41.7. The molecule has 3 aromatic heterocycles. The molecule has 5 rings (SSSR count). The topological polar surface area (TPSA) is 85.6 Å². The Kier molecular flexibility index (Phi) is 6.09. The number of benzene rings is 1. The molecule has 0 radical (unpaired) electrons. The van der Waals surface area contributed by atoms with Crippen molar-refractivity contribution in [1.29, 1.82) is 0 Å². The van der Waals surface area contributed by atoms with E-state index in [4.69, 9.17) is 0 Å². The van der Waals surface area contributed by atoms with Crippen molar-refractivity contribution in [2.24, 2.45) is 0 Å². The number of hydrogen-bond donors (Lipinski definition) is 1. The van der Waals surface area contributed by atoms with Crippen molar-refractivity contribution >= 4 is 29.0 Å². The molecule has 3 heterocycles. The molecule has 0 unspecified atom stereocenters. The number of nitrogens with zero attached hydrogens (tertiary/aromatic N) is 5. The SMILES string of the molecule is O=C(NC1CC1)c1csc(CSc2nnc(-c3ccncc3)n2-c2cccc(C(F)(F)F)c2)n1. The van der Waals surface area contributed by atoms with Crippen LogP contribution in [0.1, 0.15) is 33.9 Å². The van der Waals surface area contributed by atoms with E-state index in [2.05, 4.69) is 25.5 Å². The van der Waals surface area contributed by atoms with Crippen molar-refractivity contribution in [3.63, 3.8) is 0 Å². The summed E-state index contributed by atoms with van der Waals surface area (Å²) in [4.78, 5) is 20.6. The van der Waals surface area contributed by atoms with Crippen LogP contribution in [-0.2, 0) is 11.9 Å². The number of hydrogen-bond acceptors (Lipinski definition) is 7. The standard InChI is InChI=1S/C22H17F3N6OS2/c23-22(24,25)14-2-1-3-16(10-14)31-19(13-6-8-26-9-7-13)29-30-21(31)34-12-18-28-17(11-33-18)20(32)27-15-4-5-15/h1-3,6-11,15H,4-5,12H2,(H,27,32). The number of halogens is 3. The van der Waals surface area contributed by atoms with Crippen LogP contribution in [0.25, 0.3) is 17.1 Å². The van der Waals surface area contributed by atoms with E-state index in [0.717, 1.165) is 25.0 Å². The van der Waals surface area contributed by atoms with Crippen molar-refractivity contribution in [3.05, 3.63) is 70.4 Å². The Morgan fingerprint density at radius 3 is 2.71 bits per heavy atom. The van der Waals surface area contributed by atoms with E-state index in [0.29, 0.717) is 33.0 Å². The maximum Gasteiger partial charge on any atom is 0.416 e. The number of carbonyl (C=O) groups is 1. The van der Waals surface area contributed by atoms with Crippen LogP contribution < -0.4 is 5.32 Å². The fourth-order valence-corrected chi connectivity index (χ4v) is 4.94. The Morgan fingerprint density at radius 1 is 1.18 bits per heavy atom. The zero-order valence-corrected chi connectivity index (χ0v) is 19.1. The lowest BCUT2D eigenvalue weighted by Gasteiger charge is -2.13. The van der Waals surface area contributed by atoms with Gasteiger partial charge in [-0.1, -0.05) is 17.8 Å². The number of thiazole rings is 1. The Morgan fingerprint density at radius 2 is 1.97 bits per heavy atom. The molecule has 1 saturated carbocycles. The maximum atomic E-state index is 13.4. The Labute approximate surface area is 200 Å². The first kappa shape index (κ1) is 22.5. The molecule has 1 amide bonds. The molecule has 0 spiro atoms. The molecule has 0 atom stereocenters. The minimum atomic E-state index is -4.48. The van der Waals surface area contributed by atoms with Crippen LogP contribution in [0.5, 0.6) is 0 Å². The van der Waals surface area contributed by atoms with Crippen molar-refractivity contribution in [3.8, 4) is 17.1 Å². The van der Waals surface area contributed by atoms with E-state index < -0.39 is 11.7 Å². The van der Waals surface area contributed by atoms with Gasteiger partial charge < -0.3 is 5.32 Å². The smallest absolute Gasteiger partial charge is 0.348 e. The van der Waals surface area contributed by atoms with Crippen LogP contribution >= 0.6 is 23.1 Å².